The fourth-order valence-corrected chi connectivity index (χ4v) is 2.36. The molecule has 0 aromatic heterocycles. The number of nitrogen functional groups attached to an aromatic ring is 1. The number of benzene rings is 1. The predicted octanol–water partition coefficient (Wildman–Crippen LogP) is 2.02. The highest BCUT2D eigenvalue weighted by Gasteiger charge is 2.24. The average Bonchev–Trinajstić information content (AvgIpc) is 2.86. The lowest BCUT2D eigenvalue weighted by atomic mass is 10.1. The lowest BCUT2D eigenvalue weighted by molar-refractivity contribution is 0.238. The number of aliphatic hydroxyl groups is 1. The fraction of sp³-hybridized carbons (Fsp3) is 0.571. The van der Waals surface area contributed by atoms with Crippen molar-refractivity contribution in [3.05, 3.63) is 17.9 Å². The summed E-state index contributed by atoms with van der Waals surface area (Å²) in [6.45, 7) is 4.21. The zero-order chi connectivity index (χ0) is 13.8. The van der Waals surface area contributed by atoms with E-state index in [4.69, 9.17) is 10.5 Å². The smallest absolute Gasteiger partial charge is 0.167 e. The molecule has 0 bridgehead atoms. The van der Waals surface area contributed by atoms with Crippen LogP contribution in [0.15, 0.2) is 12.1 Å². The summed E-state index contributed by atoms with van der Waals surface area (Å²) in [5.74, 6) is 0.0931. The SMILES string of the molecule is CCCOc1cc(N2CCC(CO)C2)c(N)cc1F. The predicted molar refractivity (Wildman–Crippen MR) is 74.0 cm³/mol. The van der Waals surface area contributed by atoms with Crippen LogP contribution in [0.5, 0.6) is 5.75 Å². The van der Waals surface area contributed by atoms with Gasteiger partial charge in [-0.05, 0) is 12.8 Å². The van der Waals surface area contributed by atoms with Crippen molar-refractivity contribution < 1.29 is 14.2 Å². The maximum Gasteiger partial charge on any atom is 0.167 e. The second-order valence-electron chi connectivity index (χ2n) is 4.97. The van der Waals surface area contributed by atoms with Crippen molar-refractivity contribution >= 4 is 11.4 Å². The molecule has 106 valence electrons. The van der Waals surface area contributed by atoms with E-state index in [9.17, 15) is 9.50 Å². The first kappa shape index (κ1) is 13.9. The zero-order valence-corrected chi connectivity index (χ0v) is 11.2. The second-order valence-corrected chi connectivity index (χ2v) is 4.97. The molecule has 1 aromatic carbocycles. The third-order valence-electron chi connectivity index (χ3n) is 3.43. The average molecular weight is 268 g/mol. The van der Waals surface area contributed by atoms with Crippen LogP contribution in [-0.2, 0) is 0 Å². The highest BCUT2D eigenvalue weighted by Crippen LogP contribution is 2.34. The first-order chi connectivity index (χ1) is 9.15. The number of ether oxygens (including phenoxy) is 1. The first-order valence-electron chi connectivity index (χ1n) is 6.73. The molecule has 1 aliphatic heterocycles. The Morgan fingerprint density at radius 1 is 1.53 bits per heavy atom. The van der Waals surface area contributed by atoms with Crippen molar-refractivity contribution in [3.8, 4) is 5.75 Å². The van der Waals surface area contributed by atoms with Gasteiger partial charge in [0.2, 0.25) is 0 Å². The maximum absolute atomic E-state index is 13.7. The van der Waals surface area contributed by atoms with Gasteiger partial charge in [0.05, 0.1) is 18.0 Å². The van der Waals surface area contributed by atoms with Crippen LogP contribution in [0.3, 0.4) is 0 Å². The molecule has 1 aromatic rings. The molecule has 0 spiro atoms. The number of anilines is 2. The normalized spacial score (nSPS) is 18.9. The molecule has 5 heteroatoms. The van der Waals surface area contributed by atoms with E-state index in [1.165, 1.54) is 6.07 Å². The molecular weight excluding hydrogens is 247 g/mol. The highest BCUT2D eigenvalue weighted by molar-refractivity contribution is 5.70. The summed E-state index contributed by atoms with van der Waals surface area (Å²) in [6.07, 6.45) is 1.76. The van der Waals surface area contributed by atoms with Gasteiger partial charge in [0.25, 0.3) is 0 Å². The molecule has 0 saturated carbocycles. The zero-order valence-electron chi connectivity index (χ0n) is 11.2. The molecule has 1 atom stereocenters. The van der Waals surface area contributed by atoms with Crippen molar-refractivity contribution in [2.24, 2.45) is 5.92 Å². The molecule has 3 N–H and O–H groups in total. The minimum absolute atomic E-state index is 0.177. The Hall–Kier alpha value is -1.49. The van der Waals surface area contributed by atoms with E-state index >= 15 is 0 Å². The van der Waals surface area contributed by atoms with Gasteiger partial charge in [0.1, 0.15) is 0 Å². The third kappa shape index (κ3) is 3.10. The summed E-state index contributed by atoms with van der Waals surface area (Å²) in [5.41, 5.74) is 7.10. The van der Waals surface area contributed by atoms with E-state index in [0.717, 1.165) is 31.6 Å². The molecule has 1 heterocycles. The minimum atomic E-state index is -0.424. The molecule has 1 aliphatic rings. The summed E-state index contributed by atoms with van der Waals surface area (Å²) in [6, 6.07) is 2.98. The number of hydrogen-bond donors (Lipinski definition) is 2. The van der Waals surface area contributed by atoms with Gasteiger partial charge in [-0.15, -0.1) is 0 Å². The minimum Gasteiger partial charge on any atom is -0.490 e. The summed E-state index contributed by atoms with van der Waals surface area (Å²) in [7, 11) is 0. The van der Waals surface area contributed by atoms with Gasteiger partial charge in [-0.3, -0.25) is 0 Å². The Balaban J connectivity index is 2.20. The van der Waals surface area contributed by atoms with Crippen LogP contribution in [0.25, 0.3) is 0 Å². The Kier molecular flexibility index (Phi) is 4.47. The first-order valence-corrected chi connectivity index (χ1v) is 6.73. The molecule has 19 heavy (non-hydrogen) atoms. The van der Waals surface area contributed by atoms with Crippen LogP contribution in [0.2, 0.25) is 0 Å². The summed E-state index contributed by atoms with van der Waals surface area (Å²) in [5, 5.41) is 9.17. The molecular formula is C14H21FN2O2. The van der Waals surface area contributed by atoms with Gasteiger partial charge in [-0.1, -0.05) is 6.92 Å². The van der Waals surface area contributed by atoms with Crippen molar-refractivity contribution in [1.82, 2.24) is 0 Å². The molecule has 4 nitrogen and oxygen atoms in total. The second kappa shape index (κ2) is 6.10. The van der Waals surface area contributed by atoms with E-state index in [1.54, 1.807) is 6.07 Å². The fourth-order valence-electron chi connectivity index (χ4n) is 2.36. The lowest BCUT2D eigenvalue weighted by Gasteiger charge is -2.21. The van der Waals surface area contributed by atoms with Gasteiger partial charge < -0.3 is 20.5 Å². The molecule has 2 rings (SSSR count). The van der Waals surface area contributed by atoms with Gasteiger partial charge in [-0.25, -0.2) is 4.39 Å². The largest absolute Gasteiger partial charge is 0.490 e. The standard InChI is InChI=1S/C14H21FN2O2/c1-2-5-19-14-7-13(12(16)6-11(14)15)17-4-3-10(8-17)9-18/h6-7,10,18H,2-5,8-9,16H2,1H3. The Bertz CT molecular complexity index is 440. The molecule has 1 saturated heterocycles. The summed E-state index contributed by atoms with van der Waals surface area (Å²) < 4.78 is 19.1. The van der Waals surface area contributed by atoms with E-state index in [0.29, 0.717) is 12.3 Å². The number of rotatable bonds is 5. The monoisotopic (exact) mass is 268 g/mol. The van der Waals surface area contributed by atoms with Crippen LogP contribution < -0.4 is 15.4 Å². The quantitative estimate of drug-likeness (QED) is 0.802. The van der Waals surface area contributed by atoms with E-state index in [2.05, 4.69) is 4.90 Å². The Morgan fingerprint density at radius 3 is 2.95 bits per heavy atom. The van der Waals surface area contributed by atoms with Gasteiger partial charge in [0, 0.05) is 37.7 Å². The van der Waals surface area contributed by atoms with Crippen molar-refractivity contribution in [3.63, 3.8) is 0 Å². The van der Waals surface area contributed by atoms with Gasteiger partial charge >= 0.3 is 0 Å². The lowest BCUT2D eigenvalue weighted by Crippen LogP contribution is -2.22. The Labute approximate surface area is 113 Å². The number of hydrogen-bond acceptors (Lipinski definition) is 4. The number of nitrogens with zero attached hydrogens (tertiary/aromatic N) is 1. The number of nitrogens with two attached hydrogens (primary N) is 1. The third-order valence-corrected chi connectivity index (χ3v) is 3.43. The molecule has 0 amide bonds. The van der Waals surface area contributed by atoms with Crippen LogP contribution in [-0.4, -0.2) is 31.4 Å². The van der Waals surface area contributed by atoms with Crippen LogP contribution in [0.1, 0.15) is 19.8 Å². The van der Waals surface area contributed by atoms with Crippen molar-refractivity contribution in [2.75, 3.05) is 36.9 Å². The van der Waals surface area contributed by atoms with Crippen molar-refractivity contribution in [2.45, 2.75) is 19.8 Å². The van der Waals surface area contributed by atoms with Crippen LogP contribution in [0.4, 0.5) is 15.8 Å². The van der Waals surface area contributed by atoms with Crippen LogP contribution >= 0.6 is 0 Å². The highest BCUT2D eigenvalue weighted by atomic mass is 19.1. The van der Waals surface area contributed by atoms with E-state index < -0.39 is 5.82 Å². The summed E-state index contributed by atoms with van der Waals surface area (Å²) >= 11 is 0. The summed E-state index contributed by atoms with van der Waals surface area (Å²) in [4.78, 5) is 2.08. The molecule has 1 fully saturated rings. The van der Waals surface area contributed by atoms with Crippen LogP contribution in [0, 0.1) is 11.7 Å². The number of halogens is 1. The number of aliphatic hydroxyl groups excluding tert-OH is 1. The molecule has 0 aliphatic carbocycles. The molecule has 1 unspecified atom stereocenters. The van der Waals surface area contributed by atoms with Gasteiger partial charge in [-0.2, -0.15) is 0 Å². The van der Waals surface area contributed by atoms with Gasteiger partial charge in [0.15, 0.2) is 11.6 Å². The van der Waals surface area contributed by atoms with E-state index in [1.807, 2.05) is 6.92 Å². The van der Waals surface area contributed by atoms with E-state index in [-0.39, 0.29) is 18.3 Å². The molecule has 0 radical (unpaired) electrons. The Morgan fingerprint density at radius 2 is 2.32 bits per heavy atom. The topological polar surface area (TPSA) is 58.7 Å². The maximum atomic E-state index is 13.7. The van der Waals surface area contributed by atoms with Crippen molar-refractivity contribution in [1.29, 1.82) is 0 Å².